The molecule has 0 saturated carbocycles. The smallest absolute Gasteiger partial charge is 0.204 e. The zero-order valence-electron chi connectivity index (χ0n) is 18.4. The fourth-order valence-electron chi connectivity index (χ4n) is 4.09. The highest BCUT2D eigenvalue weighted by Gasteiger charge is 2.16. The first kappa shape index (κ1) is 22.2. The van der Waals surface area contributed by atoms with Crippen LogP contribution in [-0.4, -0.2) is 65.9 Å². The second-order valence-corrected chi connectivity index (χ2v) is 8.17. The summed E-state index contributed by atoms with van der Waals surface area (Å²) in [6, 6.07) is 9.37. The Balaban J connectivity index is 1.36. The average molecular weight is 439 g/mol. The maximum atomic E-state index is 12.9. The number of benzene rings is 2. The SMILES string of the molecule is CCN1CCN(CCCCOc2cc(O)c3c(=O)c(-c4ccc(O)cc4)coc3c2)CC1. The molecule has 3 aromatic rings. The first-order chi connectivity index (χ1) is 15.5. The van der Waals surface area contributed by atoms with Crippen LogP contribution in [0.4, 0.5) is 0 Å². The summed E-state index contributed by atoms with van der Waals surface area (Å²) in [5.74, 6) is 0.426. The van der Waals surface area contributed by atoms with E-state index in [0.29, 0.717) is 23.5 Å². The van der Waals surface area contributed by atoms with Gasteiger partial charge >= 0.3 is 0 Å². The Kier molecular flexibility index (Phi) is 6.97. The summed E-state index contributed by atoms with van der Waals surface area (Å²) < 4.78 is 11.5. The van der Waals surface area contributed by atoms with Crippen molar-refractivity contribution in [2.24, 2.45) is 0 Å². The lowest BCUT2D eigenvalue weighted by Crippen LogP contribution is -2.46. The van der Waals surface area contributed by atoms with Crippen molar-refractivity contribution in [1.29, 1.82) is 0 Å². The normalized spacial score (nSPS) is 15.3. The molecule has 1 fully saturated rings. The number of hydrogen-bond acceptors (Lipinski definition) is 7. The molecule has 2 aromatic carbocycles. The van der Waals surface area contributed by atoms with E-state index in [1.165, 1.54) is 24.5 Å². The van der Waals surface area contributed by atoms with Crippen LogP contribution in [0.3, 0.4) is 0 Å². The monoisotopic (exact) mass is 438 g/mol. The lowest BCUT2D eigenvalue weighted by molar-refractivity contribution is 0.134. The van der Waals surface area contributed by atoms with E-state index in [4.69, 9.17) is 9.15 Å². The van der Waals surface area contributed by atoms with Gasteiger partial charge in [0.2, 0.25) is 5.43 Å². The number of piperazine rings is 1. The first-order valence-corrected chi connectivity index (χ1v) is 11.2. The van der Waals surface area contributed by atoms with E-state index < -0.39 is 0 Å². The molecule has 0 unspecified atom stereocenters. The number of aromatic hydroxyl groups is 2. The van der Waals surface area contributed by atoms with Gasteiger partial charge in [-0.2, -0.15) is 0 Å². The molecule has 4 rings (SSSR count). The number of unbranched alkanes of at least 4 members (excludes halogenated alkanes) is 1. The van der Waals surface area contributed by atoms with Gasteiger partial charge in [-0.3, -0.25) is 4.79 Å². The summed E-state index contributed by atoms with van der Waals surface area (Å²) in [7, 11) is 0. The number of ether oxygens (including phenoxy) is 1. The van der Waals surface area contributed by atoms with E-state index in [-0.39, 0.29) is 27.9 Å². The van der Waals surface area contributed by atoms with Crippen molar-refractivity contribution in [1.82, 2.24) is 9.80 Å². The molecule has 170 valence electrons. The van der Waals surface area contributed by atoms with Crippen molar-refractivity contribution < 1.29 is 19.4 Å². The van der Waals surface area contributed by atoms with E-state index >= 15 is 0 Å². The van der Waals surface area contributed by atoms with Crippen LogP contribution in [0.1, 0.15) is 19.8 Å². The summed E-state index contributed by atoms with van der Waals surface area (Å²) in [6.45, 7) is 9.47. The number of rotatable bonds is 8. The molecule has 0 aliphatic carbocycles. The van der Waals surface area contributed by atoms with Crippen LogP contribution in [-0.2, 0) is 0 Å². The molecular weight excluding hydrogens is 408 g/mol. The van der Waals surface area contributed by atoms with Crippen molar-refractivity contribution in [2.45, 2.75) is 19.8 Å². The maximum absolute atomic E-state index is 12.9. The quantitative estimate of drug-likeness (QED) is 0.519. The predicted molar refractivity (Wildman–Crippen MR) is 125 cm³/mol. The largest absolute Gasteiger partial charge is 0.508 e. The van der Waals surface area contributed by atoms with Crippen molar-refractivity contribution >= 4 is 11.0 Å². The molecule has 7 heteroatoms. The fourth-order valence-corrected chi connectivity index (χ4v) is 4.09. The third kappa shape index (κ3) is 5.06. The van der Waals surface area contributed by atoms with E-state index in [1.807, 2.05) is 0 Å². The molecular formula is C25H30N2O5. The van der Waals surface area contributed by atoms with Crippen LogP contribution in [0.5, 0.6) is 17.2 Å². The lowest BCUT2D eigenvalue weighted by Gasteiger charge is -2.33. The third-order valence-corrected chi connectivity index (χ3v) is 6.06. The maximum Gasteiger partial charge on any atom is 0.204 e. The number of nitrogens with zero attached hydrogens (tertiary/aromatic N) is 2. The second kappa shape index (κ2) is 10.1. The minimum absolute atomic E-state index is 0.114. The zero-order valence-corrected chi connectivity index (χ0v) is 18.4. The summed E-state index contributed by atoms with van der Waals surface area (Å²) in [4.78, 5) is 17.9. The molecule has 2 heterocycles. The zero-order chi connectivity index (χ0) is 22.5. The Morgan fingerprint density at radius 1 is 1.00 bits per heavy atom. The van der Waals surface area contributed by atoms with Crippen LogP contribution >= 0.6 is 0 Å². The number of fused-ring (bicyclic) bond motifs is 1. The van der Waals surface area contributed by atoms with E-state index in [0.717, 1.165) is 52.1 Å². The summed E-state index contributed by atoms with van der Waals surface area (Å²) in [5, 5.41) is 20.0. The Hall–Kier alpha value is -3.03. The van der Waals surface area contributed by atoms with Crippen LogP contribution in [0, 0.1) is 0 Å². The van der Waals surface area contributed by atoms with Gasteiger partial charge < -0.3 is 29.2 Å². The van der Waals surface area contributed by atoms with Crippen molar-refractivity contribution in [3.8, 4) is 28.4 Å². The molecule has 0 spiro atoms. The third-order valence-electron chi connectivity index (χ3n) is 6.06. The van der Waals surface area contributed by atoms with Gasteiger partial charge in [0.25, 0.3) is 0 Å². The summed E-state index contributed by atoms with van der Waals surface area (Å²) in [6.07, 6.45) is 3.34. The summed E-state index contributed by atoms with van der Waals surface area (Å²) >= 11 is 0. The van der Waals surface area contributed by atoms with Crippen LogP contribution in [0.25, 0.3) is 22.1 Å². The Morgan fingerprint density at radius 2 is 1.72 bits per heavy atom. The Bertz CT molecular complexity index is 1100. The number of likely N-dealkylation sites (N-methyl/N-ethyl adjacent to an activating group) is 1. The number of phenolic OH excluding ortho intramolecular Hbond substituents is 2. The molecule has 1 aromatic heterocycles. The van der Waals surface area contributed by atoms with E-state index in [2.05, 4.69) is 16.7 Å². The number of phenols is 2. The van der Waals surface area contributed by atoms with E-state index in [9.17, 15) is 15.0 Å². The molecule has 1 aliphatic rings. The highest BCUT2D eigenvalue weighted by atomic mass is 16.5. The molecule has 0 amide bonds. The summed E-state index contributed by atoms with van der Waals surface area (Å²) in [5.41, 5.74) is 0.876. The fraction of sp³-hybridized carbons (Fsp3) is 0.400. The predicted octanol–water partition coefficient (Wildman–Crippen LogP) is 3.67. The van der Waals surface area contributed by atoms with Crippen LogP contribution in [0.15, 0.2) is 51.9 Å². The minimum Gasteiger partial charge on any atom is -0.508 e. The molecule has 1 aliphatic heterocycles. The van der Waals surface area contributed by atoms with Gasteiger partial charge in [0.1, 0.15) is 34.5 Å². The van der Waals surface area contributed by atoms with Crippen molar-refractivity contribution in [3.63, 3.8) is 0 Å². The molecule has 0 atom stereocenters. The topological polar surface area (TPSA) is 86.4 Å². The highest BCUT2D eigenvalue weighted by Crippen LogP contribution is 2.30. The van der Waals surface area contributed by atoms with Gasteiger partial charge in [0.15, 0.2) is 0 Å². The molecule has 2 N–H and O–H groups in total. The minimum atomic E-state index is -0.329. The van der Waals surface area contributed by atoms with Crippen LogP contribution in [0.2, 0.25) is 0 Å². The van der Waals surface area contributed by atoms with Gasteiger partial charge in [-0.1, -0.05) is 19.1 Å². The Morgan fingerprint density at radius 3 is 2.44 bits per heavy atom. The van der Waals surface area contributed by atoms with Crippen molar-refractivity contribution in [2.75, 3.05) is 45.9 Å². The average Bonchev–Trinajstić information content (AvgIpc) is 2.80. The van der Waals surface area contributed by atoms with Gasteiger partial charge in [0, 0.05) is 38.3 Å². The van der Waals surface area contributed by atoms with Crippen LogP contribution < -0.4 is 10.2 Å². The molecule has 0 bridgehead atoms. The van der Waals surface area contributed by atoms with Gasteiger partial charge in [-0.15, -0.1) is 0 Å². The number of hydrogen-bond donors (Lipinski definition) is 2. The second-order valence-electron chi connectivity index (χ2n) is 8.17. The molecule has 7 nitrogen and oxygen atoms in total. The first-order valence-electron chi connectivity index (χ1n) is 11.2. The standard InChI is InChI=1S/C25H30N2O5/c1-2-26-10-12-27(13-11-26)9-3-4-14-31-20-15-22(29)24-23(16-20)32-17-21(25(24)30)18-5-7-19(28)8-6-18/h5-8,15-17,28-29H,2-4,9-14H2,1H3. The van der Waals surface area contributed by atoms with Gasteiger partial charge in [-0.25, -0.2) is 0 Å². The lowest BCUT2D eigenvalue weighted by atomic mass is 10.0. The molecule has 0 radical (unpaired) electrons. The van der Waals surface area contributed by atoms with Gasteiger partial charge in [0.05, 0.1) is 12.2 Å². The van der Waals surface area contributed by atoms with E-state index in [1.54, 1.807) is 18.2 Å². The van der Waals surface area contributed by atoms with Crippen molar-refractivity contribution in [3.05, 3.63) is 52.9 Å². The highest BCUT2D eigenvalue weighted by molar-refractivity contribution is 5.88. The van der Waals surface area contributed by atoms with Gasteiger partial charge in [-0.05, 0) is 43.6 Å². The molecule has 1 saturated heterocycles. The Labute approximate surface area is 187 Å². The molecule has 32 heavy (non-hydrogen) atoms.